The SMILES string of the molecule is O=C(CCCOc1ccccc1)N[C@@H]1C[C@H]2CC[C@H]1C2. The normalized spacial score (nSPS) is 27.5. The predicted molar refractivity (Wildman–Crippen MR) is 78.5 cm³/mol. The first kappa shape index (κ1) is 13.5. The molecule has 1 aromatic rings. The van der Waals surface area contributed by atoms with Gasteiger partial charge in [0.25, 0.3) is 0 Å². The van der Waals surface area contributed by atoms with E-state index in [0.29, 0.717) is 19.1 Å². The Morgan fingerprint density at radius 1 is 1.20 bits per heavy atom. The van der Waals surface area contributed by atoms with Crippen LogP contribution in [0.4, 0.5) is 0 Å². The molecule has 2 saturated carbocycles. The fourth-order valence-corrected chi connectivity index (χ4v) is 3.64. The summed E-state index contributed by atoms with van der Waals surface area (Å²) in [7, 11) is 0. The maximum atomic E-state index is 11.9. The van der Waals surface area contributed by atoms with E-state index in [4.69, 9.17) is 4.74 Å². The van der Waals surface area contributed by atoms with Crippen molar-refractivity contribution in [3.63, 3.8) is 0 Å². The fourth-order valence-electron chi connectivity index (χ4n) is 3.64. The van der Waals surface area contributed by atoms with Gasteiger partial charge in [-0.2, -0.15) is 0 Å². The lowest BCUT2D eigenvalue weighted by atomic mass is 9.95. The maximum Gasteiger partial charge on any atom is 0.220 e. The second-order valence-corrected chi connectivity index (χ2v) is 6.11. The molecule has 0 heterocycles. The van der Waals surface area contributed by atoms with Crippen LogP contribution in [-0.4, -0.2) is 18.6 Å². The molecule has 1 N–H and O–H groups in total. The van der Waals surface area contributed by atoms with Gasteiger partial charge < -0.3 is 10.1 Å². The first-order chi connectivity index (χ1) is 9.81. The smallest absolute Gasteiger partial charge is 0.220 e. The molecular weight excluding hydrogens is 250 g/mol. The molecular formula is C17H23NO2. The third-order valence-electron chi connectivity index (χ3n) is 4.64. The molecule has 0 spiro atoms. The van der Waals surface area contributed by atoms with Crippen molar-refractivity contribution in [2.45, 2.75) is 44.6 Å². The van der Waals surface area contributed by atoms with Crippen LogP contribution in [0.3, 0.4) is 0 Å². The summed E-state index contributed by atoms with van der Waals surface area (Å²) in [6.07, 6.45) is 6.58. The highest BCUT2D eigenvalue weighted by Crippen LogP contribution is 2.44. The highest BCUT2D eigenvalue weighted by Gasteiger charge is 2.39. The molecule has 3 heteroatoms. The van der Waals surface area contributed by atoms with Crippen molar-refractivity contribution in [3.8, 4) is 5.75 Å². The van der Waals surface area contributed by atoms with Crippen LogP contribution >= 0.6 is 0 Å². The lowest BCUT2D eigenvalue weighted by Crippen LogP contribution is -2.38. The standard InChI is InChI=1S/C17H23NO2/c19-17(18-16-12-13-8-9-14(16)11-13)7-4-10-20-15-5-2-1-3-6-15/h1-3,5-6,13-14,16H,4,7-12H2,(H,18,19)/t13-,14-,16+/m0/s1. The van der Waals surface area contributed by atoms with Crippen LogP contribution < -0.4 is 10.1 Å². The Hall–Kier alpha value is -1.51. The van der Waals surface area contributed by atoms with E-state index in [9.17, 15) is 4.79 Å². The number of benzene rings is 1. The summed E-state index contributed by atoms with van der Waals surface area (Å²) >= 11 is 0. The zero-order valence-electron chi connectivity index (χ0n) is 11.9. The number of hydrogen-bond acceptors (Lipinski definition) is 2. The van der Waals surface area contributed by atoms with Crippen molar-refractivity contribution in [1.82, 2.24) is 5.32 Å². The van der Waals surface area contributed by atoms with Crippen LogP contribution in [0.15, 0.2) is 30.3 Å². The Morgan fingerprint density at radius 2 is 2.05 bits per heavy atom. The molecule has 3 nitrogen and oxygen atoms in total. The molecule has 20 heavy (non-hydrogen) atoms. The zero-order chi connectivity index (χ0) is 13.8. The molecule has 0 saturated heterocycles. The minimum atomic E-state index is 0.194. The lowest BCUT2D eigenvalue weighted by Gasteiger charge is -2.22. The van der Waals surface area contributed by atoms with E-state index in [1.54, 1.807) is 0 Å². The van der Waals surface area contributed by atoms with Crippen molar-refractivity contribution < 1.29 is 9.53 Å². The average Bonchev–Trinajstić information content (AvgIpc) is 3.07. The van der Waals surface area contributed by atoms with E-state index in [-0.39, 0.29) is 5.91 Å². The number of para-hydroxylation sites is 1. The van der Waals surface area contributed by atoms with Crippen molar-refractivity contribution in [2.75, 3.05) is 6.61 Å². The Labute approximate surface area is 120 Å². The number of carbonyl (C=O) groups is 1. The number of rotatable bonds is 6. The third kappa shape index (κ3) is 3.33. The van der Waals surface area contributed by atoms with Crippen molar-refractivity contribution >= 4 is 5.91 Å². The Kier molecular flexibility index (Phi) is 4.24. The molecule has 108 valence electrons. The van der Waals surface area contributed by atoms with Gasteiger partial charge >= 0.3 is 0 Å². The first-order valence-electron chi connectivity index (χ1n) is 7.78. The van der Waals surface area contributed by atoms with E-state index in [2.05, 4.69) is 5.32 Å². The highest BCUT2D eigenvalue weighted by molar-refractivity contribution is 5.76. The summed E-state index contributed by atoms with van der Waals surface area (Å²) in [5.41, 5.74) is 0. The Balaban J connectivity index is 1.32. The minimum Gasteiger partial charge on any atom is -0.494 e. The topological polar surface area (TPSA) is 38.3 Å². The number of fused-ring (bicyclic) bond motifs is 2. The molecule has 2 fully saturated rings. The molecule has 3 atom stereocenters. The van der Waals surface area contributed by atoms with E-state index >= 15 is 0 Å². The highest BCUT2D eigenvalue weighted by atomic mass is 16.5. The van der Waals surface area contributed by atoms with Crippen LogP contribution in [-0.2, 0) is 4.79 Å². The van der Waals surface area contributed by atoms with E-state index in [1.807, 2.05) is 30.3 Å². The van der Waals surface area contributed by atoms with Gasteiger partial charge in [-0.3, -0.25) is 4.79 Å². The molecule has 0 aromatic heterocycles. The molecule has 2 aliphatic rings. The number of ether oxygens (including phenoxy) is 1. The van der Waals surface area contributed by atoms with Crippen molar-refractivity contribution in [2.24, 2.45) is 11.8 Å². The number of nitrogens with one attached hydrogen (secondary N) is 1. The molecule has 1 aromatic carbocycles. The van der Waals surface area contributed by atoms with Gasteiger partial charge in [-0.05, 0) is 49.7 Å². The molecule has 3 rings (SSSR count). The first-order valence-corrected chi connectivity index (χ1v) is 7.78. The van der Waals surface area contributed by atoms with Gasteiger partial charge in [0.2, 0.25) is 5.91 Å². The molecule has 2 aliphatic carbocycles. The van der Waals surface area contributed by atoms with Gasteiger partial charge in [-0.25, -0.2) is 0 Å². The van der Waals surface area contributed by atoms with E-state index in [0.717, 1.165) is 24.0 Å². The van der Waals surface area contributed by atoms with Gasteiger partial charge in [0.15, 0.2) is 0 Å². The second-order valence-electron chi connectivity index (χ2n) is 6.11. The predicted octanol–water partition coefficient (Wildman–Crippen LogP) is 3.15. The van der Waals surface area contributed by atoms with Crippen molar-refractivity contribution in [1.29, 1.82) is 0 Å². The summed E-state index contributed by atoms with van der Waals surface area (Å²) in [4.78, 5) is 11.9. The monoisotopic (exact) mass is 273 g/mol. The Morgan fingerprint density at radius 3 is 2.75 bits per heavy atom. The quantitative estimate of drug-likeness (QED) is 0.809. The third-order valence-corrected chi connectivity index (χ3v) is 4.64. The van der Waals surface area contributed by atoms with Crippen molar-refractivity contribution in [3.05, 3.63) is 30.3 Å². The van der Waals surface area contributed by atoms with Crippen LogP contribution in [0.2, 0.25) is 0 Å². The molecule has 0 unspecified atom stereocenters. The fraction of sp³-hybridized carbons (Fsp3) is 0.588. The number of carbonyl (C=O) groups excluding carboxylic acids is 1. The van der Waals surface area contributed by atoms with Crippen LogP contribution in [0.25, 0.3) is 0 Å². The summed E-state index contributed by atoms with van der Waals surface area (Å²) in [6.45, 7) is 0.605. The Bertz CT molecular complexity index is 446. The average molecular weight is 273 g/mol. The summed E-state index contributed by atoms with van der Waals surface area (Å²) in [5, 5.41) is 3.21. The maximum absolute atomic E-state index is 11.9. The second kappa shape index (κ2) is 6.29. The molecule has 2 bridgehead atoms. The van der Waals surface area contributed by atoms with Gasteiger partial charge in [0.05, 0.1) is 6.61 Å². The summed E-state index contributed by atoms with van der Waals surface area (Å²) in [6, 6.07) is 10.2. The number of amides is 1. The van der Waals surface area contributed by atoms with Gasteiger partial charge in [-0.1, -0.05) is 24.6 Å². The summed E-state index contributed by atoms with van der Waals surface area (Å²) in [5.74, 6) is 2.71. The molecule has 0 radical (unpaired) electrons. The molecule has 0 aliphatic heterocycles. The molecule has 1 amide bonds. The number of hydrogen-bond donors (Lipinski definition) is 1. The van der Waals surface area contributed by atoms with E-state index in [1.165, 1.54) is 25.7 Å². The lowest BCUT2D eigenvalue weighted by molar-refractivity contribution is -0.122. The van der Waals surface area contributed by atoms with E-state index < -0.39 is 0 Å². The van der Waals surface area contributed by atoms with Gasteiger partial charge in [0.1, 0.15) is 5.75 Å². The van der Waals surface area contributed by atoms with Crippen LogP contribution in [0, 0.1) is 11.8 Å². The van der Waals surface area contributed by atoms with Crippen LogP contribution in [0.1, 0.15) is 38.5 Å². The van der Waals surface area contributed by atoms with Gasteiger partial charge in [0, 0.05) is 12.5 Å². The minimum absolute atomic E-state index is 0.194. The van der Waals surface area contributed by atoms with Gasteiger partial charge in [-0.15, -0.1) is 0 Å². The zero-order valence-corrected chi connectivity index (χ0v) is 11.9. The largest absolute Gasteiger partial charge is 0.494 e. The van der Waals surface area contributed by atoms with Crippen LogP contribution in [0.5, 0.6) is 5.75 Å². The summed E-state index contributed by atoms with van der Waals surface area (Å²) < 4.78 is 5.60.